The van der Waals surface area contributed by atoms with Crippen LogP contribution in [0.3, 0.4) is 0 Å². The predicted octanol–water partition coefficient (Wildman–Crippen LogP) is 3.82. The summed E-state index contributed by atoms with van der Waals surface area (Å²) in [5.74, 6) is 0. The van der Waals surface area contributed by atoms with Gasteiger partial charge in [-0.1, -0.05) is 12.1 Å². The zero-order chi connectivity index (χ0) is 14.0. The van der Waals surface area contributed by atoms with Gasteiger partial charge in [0.2, 0.25) is 0 Å². The fourth-order valence-electron chi connectivity index (χ4n) is 2.13. The SMILES string of the molecule is CCn1nc(C)c(Br)c1CC(N)c1cccc(I)c1. The molecule has 1 aromatic carbocycles. The minimum atomic E-state index is -0.00702. The quantitative estimate of drug-likeness (QED) is 0.744. The molecular formula is C14H17BrIN3. The molecule has 0 aliphatic carbocycles. The molecule has 3 nitrogen and oxygen atoms in total. The van der Waals surface area contributed by atoms with E-state index in [1.54, 1.807) is 0 Å². The van der Waals surface area contributed by atoms with Crippen LogP contribution < -0.4 is 5.73 Å². The average molecular weight is 434 g/mol. The third-order valence-corrected chi connectivity index (χ3v) is 4.85. The third kappa shape index (κ3) is 3.38. The van der Waals surface area contributed by atoms with Crippen molar-refractivity contribution in [2.24, 2.45) is 5.73 Å². The van der Waals surface area contributed by atoms with E-state index in [0.29, 0.717) is 0 Å². The summed E-state index contributed by atoms with van der Waals surface area (Å²) in [5, 5.41) is 4.51. The maximum atomic E-state index is 6.33. The molecule has 2 aromatic rings. The first-order chi connectivity index (χ1) is 9.02. The second kappa shape index (κ2) is 6.37. The van der Waals surface area contributed by atoms with Crippen LogP contribution in [0, 0.1) is 10.5 Å². The van der Waals surface area contributed by atoms with Crippen molar-refractivity contribution >= 4 is 38.5 Å². The van der Waals surface area contributed by atoms with Gasteiger partial charge in [-0.2, -0.15) is 5.10 Å². The summed E-state index contributed by atoms with van der Waals surface area (Å²) in [4.78, 5) is 0. The highest BCUT2D eigenvalue weighted by Crippen LogP contribution is 2.26. The summed E-state index contributed by atoms with van der Waals surface area (Å²) in [5.41, 5.74) is 9.69. The number of rotatable bonds is 4. The van der Waals surface area contributed by atoms with E-state index in [1.165, 1.54) is 14.8 Å². The molecule has 0 saturated carbocycles. The van der Waals surface area contributed by atoms with Crippen LogP contribution in [-0.4, -0.2) is 9.78 Å². The molecule has 1 heterocycles. The fraction of sp³-hybridized carbons (Fsp3) is 0.357. The van der Waals surface area contributed by atoms with Crippen LogP contribution in [0.2, 0.25) is 0 Å². The van der Waals surface area contributed by atoms with Gasteiger partial charge in [-0.05, 0) is 70.1 Å². The molecule has 19 heavy (non-hydrogen) atoms. The minimum absolute atomic E-state index is 0.00702. The molecule has 1 unspecified atom stereocenters. The standard InChI is InChI=1S/C14H17BrIN3/c1-3-19-13(14(15)9(2)18-19)8-12(17)10-5-4-6-11(16)7-10/h4-7,12H,3,8,17H2,1-2H3. The van der Waals surface area contributed by atoms with Gasteiger partial charge in [0.15, 0.2) is 0 Å². The van der Waals surface area contributed by atoms with Crippen molar-refractivity contribution in [1.82, 2.24) is 9.78 Å². The van der Waals surface area contributed by atoms with Gasteiger partial charge in [-0.25, -0.2) is 0 Å². The predicted molar refractivity (Wildman–Crippen MR) is 90.1 cm³/mol. The van der Waals surface area contributed by atoms with Gasteiger partial charge in [0, 0.05) is 22.6 Å². The summed E-state index contributed by atoms with van der Waals surface area (Å²) in [7, 11) is 0. The van der Waals surface area contributed by atoms with E-state index >= 15 is 0 Å². The van der Waals surface area contributed by atoms with Crippen LogP contribution in [0.1, 0.15) is 29.9 Å². The number of hydrogen-bond donors (Lipinski definition) is 1. The Morgan fingerprint density at radius 1 is 1.47 bits per heavy atom. The van der Waals surface area contributed by atoms with Crippen molar-refractivity contribution in [3.63, 3.8) is 0 Å². The first kappa shape index (κ1) is 15.0. The summed E-state index contributed by atoms with van der Waals surface area (Å²) in [6, 6.07) is 8.34. The lowest BCUT2D eigenvalue weighted by molar-refractivity contribution is 0.586. The summed E-state index contributed by atoms with van der Waals surface area (Å²) < 4.78 is 4.31. The monoisotopic (exact) mass is 433 g/mol. The van der Waals surface area contributed by atoms with Crippen LogP contribution >= 0.6 is 38.5 Å². The topological polar surface area (TPSA) is 43.8 Å². The molecule has 0 aliphatic heterocycles. The first-order valence-corrected chi connectivity index (χ1v) is 8.13. The van der Waals surface area contributed by atoms with Crippen LogP contribution in [0.15, 0.2) is 28.7 Å². The number of aryl methyl sites for hydroxylation is 2. The molecule has 1 aromatic heterocycles. The molecule has 0 spiro atoms. The highest BCUT2D eigenvalue weighted by molar-refractivity contribution is 14.1. The molecule has 2 N–H and O–H groups in total. The Morgan fingerprint density at radius 3 is 2.84 bits per heavy atom. The summed E-state index contributed by atoms with van der Waals surface area (Å²) in [6.07, 6.45) is 0.787. The smallest absolute Gasteiger partial charge is 0.0738 e. The lowest BCUT2D eigenvalue weighted by Crippen LogP contribution is -2.16. The molecule has 5 heteroatoms. The molecule has 0 bridgehead atoms. The van der Waals surface area contributed by atoms with Gasteiger partial charge in [0.1, 0.15) is 0 Å². The lowest BCUT2D eigenvalue weighted by Gasteiger charge is -2.14. The van der Waals surface area contributed by atoms with E-state index in [9.17, 15) is 0 Å². The molecule has 102 valence electrons. The molecule has 0 aliphatic rings. The van der Waals surface area contributed by atoms with Gasteiger partial charge in [-0.3, -0.25) is 4.68 Å². The Balaban J connectivity index is 2.26. The van der Waals surface area contributed by atoms with Crippen molar-refractivity contribution in [2.45, 2.75) is 32.9 Å². The molecule has 1 atom stereocenters. The van der Waals surface area contributed by atoms with Gasteiger partial charge >= 0.3 is 0 Å². The molecular weight excluding hydrogens is 417 g/mol. The number of hydrogen-bond acceptors (Lipinski definition) is 2. The second-order valence-corrected chi connectivity index (χ2v) is 6.57. The molecule has 0 radical (unpaired) electrons. The van der Waals surface area contributed by atoms with Crippen molar-refractivity contribution in [2.75, 3.05) is 0 Å². The van der Waals surface area contributed by atoms with Crippen LogP contribution in [-0.2, 0) is 13.0 Å². The maximum Gasteiger partial charge on any atom is 0.0738 e. The Hall–Kier alpha value is -0.400. The van der Waals surface area contributed by atoms with Gasteiger partial charge in [0.05, 0.1) is 15.9 Å². The zero-order valence-corrected chi connectivity index (χ0v) is 14.8. The van der Waals surface area contributed by atoms with E-state index in [4.69, 9.17) is 5.73 Å². The van der Waals surface area contributed by atoms with E-state index < -0.39 is 0 Å². The van der Waals surface area contributed by atoms with E-state index in [1.807, 2.05) is 17.7 Å². The normalized spacial score (nSPS) is 12.7. The number of nitrogens with zero attached hydrogens (tertiary/aromatic N) is 2. The zero-order valence-electron chi connectivity index (χ0n) is 11.0. The Kier molecular flexibility index (Phi) is 5.03. The van der Waals surface area contributed by atoms with Crippen LogP contribution in [0.5, 0.6) is 0 Å². The van der Waals surface area contributed by atoms with Crippen molar-refractivity contribution in [1.29, 1.82) is 0 Å². The first-order valence-electron chi connectivity index (χ1n) is 6.25. The number of benzene rings is 1. The summed E-state index contributed by atoms with van der Waals surface area (Å²) in [6.45, 7) is 4.97. The van der Waals surface area contributed by atoms with Crippen molar-refractivity contribution in [3.8, 4) is 0 Å². The van der Waals surface area contributed by atoms with Gasteiger partial charge in [0.25, 0.3) is 0 Å². The lowest BCUT2D eigenvalue weighted by atomic mass is 10.0. The average Bonchev–Trinajstić information content (AvgIpc) is 2.66. The molecule has 0 saturated heterocycles. The third-order valence-electron chi connectivity index (χ3n) is 3.14. The fourth-order valence-corrected chi connectivity index (χ4v) is 3.14. The molecule has 0 fully saturated rings. The van der Waals surface area contributed by atoms with E-state index in [-0.39, 0.29) is 6.04 Å². The van der Waals surface area contributed by atoms with E-state index in [0.717, 1.165) is 23.1 Å². The Labute approximate surface area is 135 Å². The van der Waals surface area contributed by atoms with Crippen LogP contribution in [0.4, 0.5) is 0 Å². The number of nitrogens with two attached hydrogens (primary N) is 1. The minimum Gasteiger partial charge on any atom is -0.324 e. The highest BCUT2D eigenvalue weighted by atomic mass is 127. The van der Waals surface area contributed by atoms with Crippen molar-refractivity contribution < 1.29 is 0 Å². The highest BCUT2D eigenvalue weighted by Gasteiger charge is 2.16. The molecule has 0 amide bonds. The van der Waals surface area contributed by atoms with Crippen molar-refractivity contribution in [3.05, 3.63) is 49.3 Å². The second-order valence-electron chi connectivity index (χ2n) is 4.53. The molecule has 2 rings (SSSR count). The van der Waals surface area contributed by atoms with Gasteiger partial charge < -0.3 is 5.73 Å². The Morgan fingerprint density at radius 2 is 2.21 bits per heavy atom. The van der Waals surface area contributed by atoms with Crippen LogP contribution in [0.25, 0.3) is 0 Å². The summed E-state index contributed by atoms with van der Waals surface area (Å²) >= 11 is 5.93. The Bertz CT molecular complexity index is 580. The largest absolute Gasteiger partial charge is 0.324 e. The number of aromatic nitrogens is 2. The maximum absolute atomic E-state index is 6.33. The van der Waals surface area contributed by atoms with E-state index in [2.05, 4.69) is 68.7 Å². The number of halogens is 2. The van der Waals surface area contributed by atoms with Gasteiger partial charge in [-0.15, -0.1) is 0 Å².